The number of likely N-dealkylation sites (N-methyl/N-ethyl adjacent to an activating group) is 1. The van der Waals surface area contributed by atoms with Gasteiger partial charge in [0, 0.05) is 49.6 Å². The fourth-order valence-corrected chi connectivity index (χ4v) is 6.06. The number of aromatic nitrogens is 2. The second-order valence-electron chi connectivity index (χ2n) is 10.2. The average molecular weight is 577 g/mol. The summed E-state index contributed by atoms with van der Waals surface area (Å²) in [6, 6.07) is 14.6. The van der Waals surface area contributed by atoms with Gasteiger partial charge in [-0.3, -0.25) is 9.69 Å². The third-order valence-corrected chi connectivity index (χ3v) is 8.22. The van der Waals surface area contributed by atoms with Gasteiger partial charge in [-0.05, 0) is 61.7 Å². The van der Waals surface area contributed by atoms with E-state index in [-0.39, 0.29) is 36.5 Å². The smallest absolute Gasteiger partial charge is 0.410 e. The van der Waals surface area contributed by atoms with Crippen molar-refractivity contribution in [3.8, 4) is 11.8 Å². The zero-order valence-electron chi connectivity index (χ0n) is 22.6. The normalized spacial score (nSPS) is 20.8. The molecule has 2 aliphatic heterocycles. The number of halogens is 2. The number of piperidine rings is 1. The Morgan fingerprint density at radius 1 is 1.15 bits per heavy atom. The van der Waals surface area contributed by atoms with E-state index in [9.17, 15) is 14.0 Å². The quantitative estimate of drug-likeness (QED) is 0.435. The van der Waals surface area contributed by atoms with E-state index in [1.54, 1.807) is 12.1 Å². The lowest BCUT2D eigenvalue weighted by molar-refractivity contribution is -0.134. The summed E-state index contributed by atoms with van der Waals surface area (Å²) in [5.74, 6) is -0.406. The molecule has 3 aromatic rings. The molecule has 2 aliphatic rings. The van der Waals surface area contributed by atoms with Crippen LogP contribution in [0.4, 0.5) is 15.1 Å². The molecule has 2 atom stereocenters. The molecule has 9 nitrogen and oxygen atoms in total. The fraction of sp³-hybridized carbons (Fsp3) is 0.367. The number of ether oxygens (including phenoxy) is 1. The van der Waals surface area contributed by atoms with Gasteiger partial charge in [-0.25, -0.2) is 19.2 Å². The van der Waals surface area contributed by atoms with Crippen molar-refractivity contribution < 1.29 is 18.7 Å². The summed E-state index contributed by atoms with van der Waals surface area (Å²) in [6.45, 7) is 3.93. The molecule has 2 saturated heterocycles. The summed E-state index contributed by atoms with van der Waals surface area (Å²) in [5, 5.41) is 13.0. The minimum absolute atomic E-state index is 0.0271. The van der Waals surface area contributed by atoms with E-state index in [1.807, 2.05) is 30.0 Å². The predicted molar refractivity (Wildman–Crippen MR) is 151 cm³/mol. The third kappa shape index (κ3) is 5.73. The molecule has 41 heavy (non-hydrogen) atoms. The van der Waals surface area contributed by atoms with Crippen LogP contribution in [0.25, 0.3) is 0 Å². The number of amides is 1. The zero-order valence-corrected chi connectivity index (χ0v) is 23.4. The molecule has 2 aromatic carbocycles. The van der Waals surface area contributed by atoms with Crippen molar-refractivity contribution in [2.45, 2.75) is 31.2 Å². The van der Waals surface area contributed by atoms with E-state index in [4.69, 9.17) is 21.6 Å². The average Bonchev–Trinajstić information content (AvgIpc) is 3.44. The molecule has 1 aromatic heterocycles. The highest BCUT2D eigenvalue weighted by Crippen LogP contribution is 2.42. The van der Waals surface area contributed by atoms with Gasteiger partial charge >= 0.3 is 6.09 Å². The van der Waals surface area contributed by atoms with Crippen LogP contribution in [0.15, 0.2) is 60.9 Å². The molecule has 0 spiro atoms. The van der Waals surface area contributed by atoms with Crippen molar-refractivity contribution in [1.29, 1.82) is 5.26 Å². The summed E-state index contributed by atoms with van der Waals surface area (Å²) >= 11 is 6.17. The van der Waals surface area contributed by atoms with Crippen LogP contribution in [-0.2, 0) is 4.79 Å². The van der Waals surface area contributed by atoms with Crippen LogP contribution >= 0.6 is 11.6 Å². The van der Waals surface area contributed by atoms with Gasteiger partial charge in [-0.2, -0.15) is 5.26 Å². The van der Waals surface area contributed by atoms with E-state index in [1.165, 1.54) is 41.6 Å². The lowest BCUT2D eigenvalue weighted by Crippen LogP contribution is -2.64. The van der Waals surface area contributed by atoms with Crippen LogP contribution < -0.4 is 15.0 Å². The minimum atomic E-state index is -1.21. The van der Waals surface area contributed by atoms with Crippen LogP contribution in [0.2, 0.25) is 5.02 Å². The number of hydrogen-bond acceptors (Lipinski definition) is 8. The first-order valence-electron chi connectivity index (χ1n) is 13.6. The Labute approximate surface area is 242 Å². The van der Waals surface area contributed by atoms with Gasteiger partial charge in [0.05, 0.1) is 18.0 Å². The Hall–Kier alpha value is -4.07. The lowest BCUT2D eigenvalue weighted by atomic mass is 9.72. The second kappa shape index (κ2) is 12.2. The molecule has 2 fully saturated rings. The van der Waals surface area contributed by atoms with Crippen molar-refractivity contribution in [1.82, 2.24) is 20.2 Å². The standard InChI is InChI=1S/C30H30ClFN6O3/c1-2-38(29(40)41-25-9-7-24(32)8-10-25)30(19-34-18-26(30)21-3-5-23(31)6-4-21)27(39)22-11-13-37(14-12-22)28-35-16-20(15-33)17-36-28/h3-10,16-17,22,26,34H,2,11-14,18-19H2,1H3/t26-,30+/m0/s1. The maximum absolute atomic E-state index is 14.7. The number of Topliss-reactive ketones (excluding diaryl/α,β-unsaturated/α-hetero) is 1. The summed E-state index contributed by atoms with van der Waals surface area (Å²) in [5.41, 5.74) is 0.0661. The van der Waals surface area contributed by atoms with Crippen LogP contribution in [0.5, 0.6) is 5.75 Å². The fourth-order valence-electron chi connectivity index (χ4n) is 5.93. The lowest BCUT2D eigenvalue weighted by Gasteiger charge is -2.45. The Kier molecular flexibility index (Phi) is 8.47. The molecule has 3 heterocycles. The number of carbonyl (C=O) groups excluding carboxylic acids is 2. The zero-order chi connectivity index (χ0) is 29.0. The van der Waals surface area contributed by atoms with E-state index < -0.39 is 17.4 Å². The molecule has 1 N–H and O–H groups in total. The highest BCUT2D eigenvalue weighted by molar-refractivity contribution is 6.30. The Bertz CT molecular complexity index is 1420. The van der Waals surface area contributed by atoms with Crippen molar-refractivity contribution in [3.05, 3.63) is 82.9 Å². The second-order valence-corrected chi connectivity index (χ2v) is 10.7. The minimum Gasteiger partial charge on any atom is -0.410 e. The Morgan fingerprint density at radius 2 is 1.80 bits per heavy atom. The van der Waals surface area contributed by atoms with Crippen molar-refractivity contribution in [3.63, 3.8) is 0 Å². The first-order valence-corrected chi connectivity index (χ1v) is 14.0. The van der Waals surface area contributed by atoms with Gasteiger partial charge in [-0.15, -0.1) is 0 Å². The summed E-state index contributed by atoms with van der Waals surface area (Å²) in [4.78, 5) is 40.5. The number of benzene rings is 2. The van der Waals surface area contributed by atoms with E-state index in [2.05, 4.69) is 15.3 Å². The van der Waals surface area contributed by atoms with Gasteiger partial charge in [0.25, 0.3) is 0 Å². The molecule has 0 radical (unpaired) electrons. The number of rotatable bonds is 7. The maximum Gasteiger partial charge on any atom is 0.416 e. The first kappa shape index (κ1) is 28.5. The Balaban J connectivity index is 1.44. The summed E-state index contributed by atoms with van der Waals surface area (Å²) in [7, 11) is 0. The topological polar surface area (TPSA) is 111 Å². The largest absolute Gasteiger partial charge is 0.416 e. The number of nitrogens with one attached hydrogen (secondary N) is 1. The number of nitriles is 1. The van der Waals surface area contributed by atoms with E-state index >= 15 is 0 Å². The molecule has 11 heteroatoms. The number of carbonyl (C=O) groups is 2. The number of hydrogen-bond donors (Lipinski definition) is 1. The number of nitrogens with zero attached hydrogens (tertiary/aromatic N) is 5. The highest BCUT2D eigenvalue weighted by atomic mass is 35.5. The summed E-state index contributed by atoms with van der Waals surface area (Å²) in [6.07, 6.45) is 3.42. The van der Waals surface area contributed by atoms with Gasteiger partial charge in [-0.1, -0.05) is 23.7 Å². The van der Waals surface area contributed by atoms with Crippen molar-refractivity contribution in [2.75, 3.05) is 37.6 Å². The maximum atomic E-state index is 14.7. The molecule has 0 saturated carbocycles. The van der Waals surface area contributed by atoms with E-state index in [0.717, 1.165) is 5.56 Å². The first-order chi connectivity index (χ1) is 19.8. The number of ketones is 1. The molecule has 0 unspecified atom stereocenters. The molecule has 212 valence electrons. The van der Waals surface area contributed by atoms with E-state index in [0.29, 0.717) is 49.0 Å². The van der Waals surface area contributed by atoms with Crippen LogP contribution in [-0.4, -0.2) is 65.0 Å². The van der Waals surface area contributed by atoms with Crippen LogP contribution in [0.1, 0.15) is 36.8 Å². The van der Waals surface area contributed by atoms with Crippen molar-refractivity contribution in [2.24, 2.45) is 5.92 Å². The van der Waals surface area contributed by atoms with Gasteiger partial charge < -0.3 is 15.0 Å². The van der Waals surface area contributed by atoms with Gasteiger partial charge in [0.2, 0.25) is 5.95 Å². The van der Waals surface area contributed by atoms with Crippen LogP contribution in [0, 0.1) is 23.1 Å². The van der Waals surface area contributed by atoms with Gasteiger partial charge in [0.15, 0.2) is 5.78 Å². The molecule has 0 aliphatic carbocycles. The third-order valence-electron chi connectivity index (χ3n) is 7.97. The molecular weight excluding hydrogens is 547 g/mol. The molecule has 5 rings (SSSR count). The predicted octanol–water partition coefficient (Wildman–Crippen LogP) is 4.57. The number of anilines is 1. The van der Waals surface area contributed by atoms with Gasteiger partial charge in [0.1, 0.15) is 23.2 Å². The molecular formula is C30H30ClFN6O3. The highest BCUT2D eigenvalue weighted by Gasteiger charge is 2.57. The SMILES string of the molecule is CCN(C(=O)Oc1ccc(F)cc1)[C@]1(C(=O)C2CCN(c3ncc(C#N)cn3)CC2)CNC[C@H]1c1ccc(Cl)cc1. The van der Waals surface area contributed by atoms with Crippen LogP contribution in [0.3, 0.4) is 0 Å². The Morgan fingerprint density at radius 3 is 2.41 bits per heavy atom. The monoisotopic (exact) mass is 576 g/mol. The molecule has 1 amide bonds. The summed E-state index contributed by atoms with van der Waals surface area (Å²) < 4.78 is 19.1. The molecule has 0 bridgehead atoms. The van der Waals surface area contributed by atoms with Crippen molar-refractivity contribution >= 4 is 29.4 Å².